The van der Waals surface area contributed by atoms with E-state index < -0.39 is 34.9 Å². The van der Waals surface area contributed by atoms with Gasteiger partial charge in [0.1, 0.15) is 28.3 Å². The van der Waals surface area contributed by atoms with Gasteiger partial charge >= 0.3 is 6.18 Å². The average Bonchev–Trinajstić information content (AvgIpc) is 3.47. The largest absolute Gasteiger partial charge is 0.416 e. The number of β-amino-alcohol motifs (C(OH)–C–C–N with tert-alkyl or cyclic N) is 1. The molecular weight excluding hydrogens is 628 g/mol. The molecule has 0 unspecified atom stereocenters. The van der Waals surface area contributed by atoms with Gasteiger partial charge in [-0.3, -0.25) is 14.5 Å². The molecule has 5 rings (SSSR count). The third kappa shape index (κ3) is 7.94. The smallest absolute Gasteiger partial charge is 0.395 e. The summed E-state index contributed by atoms with van der Waals surface area (Å²) in [6, 6.07) is 7.89. The predicted octanol–water partition coefficient (Wildman–Crippen LogP) is 5.07. The lowest BCUT2D eigenvalue weighted by Crippen LogP contribution is -2.47. The number of aromatic nitrogens is 3. The maximum Gasteiger partial charge on any atom is 0.416 e. The van der Waals surface area contributed by atoms with Gasteiger partial charge in [0.05, 0.1) is 23.9 Å². The number of hydrogen-bond acceptors (Lipinski definition) is 10. The van der Waals surface area contributed by atoms with E-state index in [4.69, 9.17) is 0 Å². The zero-order valence-corrected chi connectivity index (χ0v) is 25.6. The molecule has 1 aliphatic heterocycles. The molecule has 0 saturated carbocycles. The number of nitrogens with one attached hydrogen (secondary N) is 3. The van der Waals surface area contributed by atoms with Crippen molar-refractivity contribution in [3.63, 3.8) is 0 Å². The second-order valence-electron chi connectivity index (χ2n) is 10.5. The van der Waals surface area contributed by atoms with Crippen molar-refractivity contribution >= 4 is 51.2 Å². The second-order valence-corrected chi connectivity index (χ2v) is 11.5. The molecule has 1 aliphatic rings. The van der Waals surface area contributed by atoms with Crippen molar-refractivity contribution in [1.82, 2.24) is 19.9 Å². The number of benzene rings is 2. The van der Waals surface area contributed by atoms with Crippen molar-refractivity contribution in [2.24, 2.45) is 0 Å². The van der Waals surface area contributed by atoms with Crippen LogP contribution in [0.3, 0.4) is 0 Å². The van der Waals surface area contributed by atoms with E-state index in [1.54, 1.807) is 19.9 Å². The average molecular weight is 659 g/mol. The highest BCUT2D eigenvalue weighted by Crippen LogP contribution is 2.31. The van der Waals surface area contributed by atoms with Gasteiger partial charge in [-0.25, -0.2) is 19.3 Å². The van der Waals surface area contributed by atoms with Gasteiger partial charge in [0.25, 0.3) is 11.8 Å². The number of aryl methyl sites for hydroxylation is 2. The highest BCUT2D eigenvalue weighted by atomic mass is 32.1. The summed E-state index contributed by atoms with van der Waals surface area (Å²) in [5, 5.41) is 18.2. The number of amides is 2. The molecule has 2 aromatic carbocycles. The molecule has 2 aromatic heterocycles. The van der Waals surface area contributed by atoms with Gasteiger partial charge in [0.15, 0.2) is 5.01 Å². The summed E-state index contributed by atoms with van der Waals surface area (Å²) in [5.74, 6) is -0.851. The highest BCUT2D eigenvalue weighted by Gasteiger charge is 2.32. The molecule has 0 aliphatic carbocycles. The number of halogens is 4. The monoisotopic (exact) mass is 658 g/mol. The first-order valence-corrected chi connectivity index (χ1v) is 15.0. The Kier molecular flexibility index (Phi) is 9.79. The maximum atomic E-state index is 14.2. The standard InChI is InChI=1S/C30H30F4N8O3S/c1-17-3-5-20(38-27(44)21-13-19(30(32,33)34)4-6-22(21)31)14-23(17)39-28(45)29-35-16-26(46-29)40-24-15-25(37-18(2)36-24)42-9-7-41(8-10-42)11-12-43/h3-6,13-16,43H,7-12H2,1-2H3,(H,38,44)(H,39,45)(H,36,37,40). The van der Waals surface area contributed by atoms with Gasteiger partial charge in [-0.05, 0) is 49.7 Å². The molecule has 0 spiro atoms. The molecule has 16 heteroatoms. The molecule has 0 atom stereocenters. The van der Waals surface area contributed by atoms with Crippen LogP contribution in [0.1, 0.15) is 37.1 Å². The highest BCUT2D eigenvalue weighted by molar-refractivity contribution is 7.17. The zero-order valence-electron chi connectivity index (χ0n) is 24.8. The van der Waals surface area contributed by atoms with Crippen molar-refractivity contribution < 1.29 is 32.3 Å². The summed E-state index contributed by atoms with van der Waals surface area (Å²) in [6.45, 7) is 7.39. The first kappa shape index (κ1) is 32.7. The van der Waals surface area contributed by atoms with Crippen LogP contribution in [-0.4, -0.2) is 76.1 Å². The van der Waals surface area contributed by atoms with Crippen molar-refractivity contribution in [3.8, 4) is 0 Å². The van der Waals surface area contributed by atoms with Crippen LogP contribution in [0.5, 0.6) is 0 Å². The molecule has 2 amide bonds. The Bertz CT molecular complexity index is 1740. The Hall–Kier alpha value is -4.67. The molecule has 0 bridgehead atoms. The number of nitrogens with zero attached hydrogens (tertiary/aromatic N) is 5. The van der Waals surface area contributed by atoms with Crippen LogP contribution in [0.25, 0.3) is 0 Å². The third-order valence-corrected chi connectivity index (χ3v) is 8.08. The van der Waals surface area contributed by atoms with Crippen LogP contribution in [0.4, 0.5) is 45.6 Å². The molecule has 3 heterocycles. The van der Waals surface area contributed by atoms with Gasteiger partial charge in [0.2, 0.25) is 0 Å². The number of anilines is 5. The minimum Gasteiger partial charge on any atom is -0.395 e. The number of rotatable bonds is 9. The van der Waals surface area contributed by atoms with E-state index in [1.165, 1.54) is 18.3 Å². The number of thiazole rings is 1. The van der Waals surface area contributed by atoms with Gasteiger partial charge in [0, 0.05) is 50.2 Å². The van der Waals surface area contributed by atoms with E-state index in [-0.39, 0.29) is 17.3 Å². The van der Waals surface area contributed by atoms with Crippen LogP contribution in [-0.2, 0) is 6.18 Å². The second kappa shape index (κ2) is 13.8. The van der Waals surface area contributed by atoms with E-state index in [9.17, 15) is 32.3 Å². The van der Waals surface area contributed by atoms with Crippen LogP contribution >= 0.6 is 11.3 Å². The summed E-state index contributed by atoms with van der Waals surface area (Å²) in [5.41, 5.74) is -0.846. The number of hydrogen-bond donors (Lipinski definition) is 4. The lowest BCUT2D eigenvalue weighted by Gasteiger charge is -2.35. The van der Waals surface area contributed by atoms with Crippen LogP contribution in [0, 0.1) is 19.7 Å². The van der Waals surface area contributed by atoms with Crippen LogP contribution in [0.15, 0.2) is 48.7 Å². The van der Waals surface area contributed by atoms with Crippen LogP contribution in [0.2, 0.25) is 0 Å². The lowest BCUT2D eigenvalue weighted by molar-refractivity contribution is -0.137. The quantitative estimate of drug-likeness (QED) is 0.182. The minimum atomic E-state index is -4.75. The van der Waals surface area contributed by atoms with E-state index in [2.05, 4.69) is 40.7 Å². The minimum absolute atomic E-state index is 0.119. The zero-order chi connectivity index (χ0) is 33.0. The Labute approximate surface area is 265 Å². The van der Waals surface area contributed by atoms with E-state index in [0.29, 0.717) is 52.6 Å². The fourth-order valence-corrected chi connectivity index (χ4v) is 5.49. The predicted molar refractivity (Wildman–Crippen MR) is 166 cm³/mol. The number of piperazine rings is 1. The summed E-state index contributed by atoms with van der Waals surface area (Å²) in [4.78, 5) is 43.2. The summed E-state index contributed by atoms with van der Waals surface area (Å²) < 4.78 is 53.4. The first-order chi connectivity index (χ1) is 21.9. The van der Waals surface area contributed by atoms with E-state index >= 15 is 0 Å². The molecule has 11 nitrogen and oxygen atoms in total. The topological polar surface area (TPSA) is 136 Å². The Balaban J connectivity index is 1.24. The number of alkyl halides is 3. The summed E-state index contributed by atoms with van der Waals surface area (Å²) >= 11 is 1.09. The van der Waals surface area contributed by atoms with E-state index in [0.717, 1.165) is 43.3 Å². The van der Waals surface area contributed by atoms with Gasteiger partial charge < -0.3 is 26.0 Å². The Morgan fingerprint density at radius 3 is 2.46 bits per heavy atom. The maximum absolute atomic E-state index is 14.2. The molecule has 1 saturated heterocycles. The number of aliphatic hydroxyl groups is 1. The van der Waals surface area contributed by atoms with E-state index in [1.807, 2.05) is 6.07 Å². The molecular formula is C30H30F4N8O3S. The fraction of sp³-hybridized carbons (Fsp3) is 0.300. The van der Waals surface area contributed by atoms with Crippen molar-refractivity contribution in [2.45, 2.75) is 20.0 Å². The summed E-state index contributed by atoms with van der Waals surface area (Å²) in [6.07, 6.45) is -3.25. The first-order valence-electron chi connectivity index (χ1n) is 14.2. The summed E-state index contributed by atoms with van der Waals surface area (Å²) in [7, 11) is 0. The van der Waals surface area contributed by atoms with Gasteiger partial charge in [-0.15, -0.1) is 0 Å². The number of aliphatic hydroxyl groups excluding tert-OH is 1. The van der Waals surface area contributed by atoms with Gasteiger partial charge in [-0.2, -0.15) is 13.2 Å². The Morgan fingerprint density at radius 2 is 1.74 bits per heavy atom. The molecule has 242 valence electrons. The van der Waals surface area contributed by atoms with Crippen molar-refractivity contribution in [1.29, 1.82) is 0 Å². The van der Waals surface area contributed by atoms with Crippen LogP contribution < -0.4 is 20.9 Å². The number of carbonyl (C=O) groups is 2. The van der Waals surface area contributed by atoms with Gasteiger partial charge in [-0.1, -0.05) is 17.4 Å². The van der Waals surface area contributed by atoms with Crippen molar-refractivity contribution in [2.75, 3.05) is 60.2 Å². The molecule has 4 N–H and O–H groups in total. The SMILES string of the molecule is Cc1nc(Nc2cnc(C(=O)Nc3cc(NC(=O)c4cc(C(F)(F)F)ccc4F)ccc3C)s2)cc(N2CCN(CCO)CC2)n1. The molecule has 0 radical (unpaired) electrons. The Morgan fingerprint density at radius 1 is 0.978 bits per heavy atom. The normalized spacial score (nSPS) is 13.8. The molecule has 46 heavy (non-hydrogen) atoms. The third-order valence-electron chi connectivity index (χ3n) is 7.17. The molecule has 4 aromatic rings. The van der Waals surface area contributed by atoms with Crippen molar-refractivity contribution in [3.05, 3.63) is 82.0 Å². The lowest BCUT2D eigenvalue weighted by atomic mass is 10.1. The fourth-order valence-electron chi connectivity index (χ4n) is 4.77. The molecule has 1 fully saturated rings. The number of carbonyl (C=O) groups excluding carboxylic acids is 2.